The van der Waals surface area contributed by atoms with Gasteiger partial charge >= 0.3 is 0 Å². The van der Waals surface area contributed by atoms with E-state index in [-0.39, 0.29) is 42.0 Å². The van der Waals surface area contributed by atoms with Crippen molar-refractivity contribution in [2.45, 2.75) is 58.9 Å². The maximum absolute atomic E-state index is 13.0. The maximum atomic E-state index is 13.0. The Morgan fingerprint density at radius 3 is 2.28 bits per heavy atom. The predicted molar refractivity (Wildman–Crippen MR) is 113 cm³/mol. The smallest absolute Gasteiger partial charge is 0.228 e. The van der Waals surface area contributed by atoms with Gasteiger partial charge in [-0.15, -0.1) is 0 Å². The number of nitrogens with one attached hydrogen (secondary N) is 1. The third-order valence-corrected chi connectivity index (χ3v) is 6.33. The molecule has 1 aromatic rings. The molecule has 3 amide bonds. The summed E-state index contributed by atoms with van der Waals surface area (Å²) in [6, 6.07) is 8.07. The van der Waals surface area contributed by atoms with E-state index >= 15 is 0 Å². The molecule has 6 nitrogen and oxygen atoms in total. The molecular weight excluding hydrogens is 366 g/mol. The number of anilines is 1. The molecule has 0 bridgehead atoms. The second-order valence-corrected chi connectivity index (χ2v) is 8.36. The number of likely N-dealkylation sites (tertiary alicyclic amines) is 1. The van der Waals surface area contributed by atoms with Gasteiger partial charge in [-0.1, -0.05) is 31.5 Å². The first-order valence-electron chi connectivity index (χ1n) is 10.9. The Morgan fingerprint density at radius 2 is 1.69 bits per heavy atom. The minimum Gasteiger partial charge on any atom is -0.353 e. The van der Waals surface area contributed by atoms with Crippen LogP contribution in [-0.4, -0.2) is 48.3 Å². The third-order valence-electron chi connectivity index (χ3n) is 6.33. The van der Waals surface area contributed by atoms with Gasteiger partial charge in [0.1, 0.15) is 0 Å². The lowest BCUT2D eigenvalue weighted by molar-refractivity contribution is -0.139. The summed E-state index contributed by atoms with van der Waals surface area (Å²) in [5.74, 6) is -0.140. The van der Waals surface area contributed by atoms with Crippen LogP contribution in [0.1, 0.15) is 51.5 Å². The number of amides is 3. The van der Waals surface area contributed by atoms with Crippen LogP contribution in [0.15, 0.2) is 24.3 Å². The molecule has 0 aliphatic carbocycles. The van der Waals surface area contributed by atoms with Crippen LogP contribution < -0.4 is 10.2 Å². The molecule has 6 heteroatoms. The van der Waals surface area contributed by atoms with E-state index in [1.807, 2.05) is 36.1 Å². The second-order valence-electron chi connectivity index (χ2n) is 8.36. The van der Waals surface area contributed by atoms with Gasteiger partial charge in [0.25, 0.3) is 0 Å². The first kappa shape index (κ1) is 21.3. The summed E-state index contributed by atoms with van der Waals surface area (Å²) in [6.07, 6.45) is 3.53. The van der Waals surface area contributed by atoms with Crippen LogP contribution in [0.3, 0.4) is 0 Å². The molecule has 0 radical (unpaired) electrons. The van der Waals surface area contributed by atoms with E-state index in [1.165, 1.54) is 0 Å². The monoisotopic (exact) mass is 399 g/mol. The number of carbonyl (C=O) groups excluding carboxylic acids is 3. The highest BCUT2D eigenvalue weighted by atomic mass is 16.2. The van der Waals surface area contributed by atoms with Crippen LogP contribution in [0.4, 0.5) is 5.69 Å². The number of aryl methyl sites for hydroxylation is 1. The molecule has 0 unspecified atom stereocenters. The summed E-state index contributed by atoms with van der Waals surface area (Å²) >= 11 is 0. The fourth-order valence-electron chi connectivity index (χ4n) is 4.28. The van der Waals surface area contributed by atoms with E-state index in [2.05, 4.69) is 19.2 Å². The molecule has 2 heterocycles. The Hall–Kier alpha value is -2.37. The molecule has 0 aromatic heterocycles. The molecule has 0 saturated carbocycles. The molecular formula is C23H33N3O3. The zero-order valence-electron chi connectivity index (χ0n) is 17.8. The van der Waals surface area contributed by atoms with Gasteiger partial charge in [0.2, 0.25) is 17.7 Å². The Balaban J connectivity index is 1.52. The maximum Gasteiger partial charge on any atom is 0.228 e. The first-order chi connectivity index (χ1) is 13.9. The standard InChI is InChI=1S/C23H33N3O3/c1-4-19(5-2)24-22(28)17-10-12-25(13-11-17)23(29)18-14-21(27)26(15-18)20-8-6-16(3)7-9-20/h6-9,17-19H,4-5,10-15H2,1-3H3,(H,24,28)/t18-/m1/s1. The van der Waals surface area contributed by atoms with Crippen LogP contribution in [0.25, 0.3) is 0 Å². The molecule has 158 valence electrons. The summed E-state index contributed by atoms with van der Waals surface area (Å²) in [7, 11) is 0. The van der Waals surface area contributed by atoms with Gasteiger partial charge in [-0.2, -0.15) is 0 Å². The Morgan fingerprint density at radius 1 is 1.07 bits per heavy atom. The molecule has 29 heavy (non-hydrogen) atoms. The average molecular weight is 400 g/mol. The molecule has 2 saturated heterocycles. The third kappa shape index (κ3) is 4.98. The zero-order chi connectivity index (χ0) is 21.0. The summed E-state index contributed by atoms with van der Waals surface area (Å²) in [5.41, 5.74) is 2.00. The second kappa shape index (κ2) is 9.42. The number of hydrogen-bond acceptors (Lipinski definition) is 3. The molecule has 1 aromatic carbocycles. The minimum atomic E-state index is -0.293. The fourth-order valence-corrected chi connectivity index (χ4v) is 4.28. The number of benzene rings is 1. The lowest BCUT2D eigenvalue weighted by atomic mass is 9.94. The van der Waals surface area contributed by atoms with Gasteiger partial charge < -0.3 is 15.1 Å². The number of rotatable bonds is 6. The van der Waals surface area contributed by atoms with Crippen molar-refractivity contribution in [2.24, 2.45) is 11.8 Å². The predicted octanol–water partition coefficient (Wildman–Crippen LogP) is 2.89. The Kier molecular flexibility index (Phi) is 6.93. The van der Waals surface area contributed by atoms with Crippen LogP contribution in [0.5, 0.6) is 0 Å². The van der Waals surface area contributed by atoms with Crippen molar-refractivity contribution in [3.05, 3.63) is 29.8 Å². The van der Waals surface area contributed by atoms with Gasteiger partial charge in [-0.05, 0) is 44.7 Å². The number of carbonyl (C=O) groups is 3. The van der Waals surface area contributed by atoms with Crippen LogP contribution >= 0.6 is 0 Å². The normalized spacial score (nSPS) is 20.4. The van der Waals surface area contributed by atoms with E-state index in [0.717, 1.165) is 24.1 Å². The topological polar surface area (TPSA) is 69.7 Å². The van der Waals surface area contributed by atoms with Gasteiger partial charge in [0.15, 0.2) is 0 Å². The van der Waals surface area contributed by atoms with Crippen molar-refractivity contribution in [3.63, 3.8) is 0 Å². The lowest BCUT2D eigenvalue weighted by Gasteiger charge is -2.33. The van der Waals surface area contributed by atoms with Gasteiger partial charge in [-0.3, -0.25) is 14.4 Å². The molecule has 0 spiro atoms. The van der Waals surface area contributed by atoms with Crippen molar-refractivity contribution >= 4 is 23.4 Å². The molecule has 1 atom stereocenters. The van der Waals surface area contributed by atoms with Crippen molar-refractivity contribution in [1.29, 1.82) is 0 Å². The highest BCUT2D eigenvalue weighted by Crippen LogP contribution is 2.28. The molecule has 2 fully saturated rings. The fraction of sp³-hybridized carbons (Fsp3) is 0.609. The van der Waals surface area contributed by atoms with Crippen LogP contribution in [-0.2, 0) is 14.4 Å². The van der Waals surface area contributed by atoms with Gasteiger partial charge in [-0.25, -0.2) is 0 Å². The quantitative estimate of drug-likeness (QED) is 0.800. The Bertz CT molecular complexity index is 734. The van der Waals surface area contributed by atoms with E-state index in [4.69, 9.17) is 0 Å². The van der Waals surface area contributed by atoms with Crippen molar-refractivity contribution in [1.82, 2.24) is 10.2 Å². The summed E-state index contributed by atoms with van der Waals surface area (Å²) in [4.78, 5) is 41.5. The van der Waals surface area contributed by atoms with E-state index < -0.39 is 0 Å². The molecule has 2 aliphatic heterocycles. The van der Waals surface area contributed by atoms with E-state index in [1.54, 1.807) is 4.90 Å². The SMILES string of the molecule is CCC(CC)NC(=O)C1CCN(C(=O)[C@@H]2CC(=O)N(c3ccc(C)cc3)C2)CC1. The number of hydrogen-bond donors (Lipinski definition) is 1. The lowest BCUT2D eigenvalue weighted by Crippen LogP contribution is -2.46. The average Bonchev–Trinajstić information content (AvgIpc) is 3.13. The van der Waals surface area contributed by atoms with Crippen LogP contribution in [0, 0.1) is 18.8 Å². The molecule has 1 N–H and O–H groups in total. The first-order valence-corrected chi connectivity index (χ1v) is 10.9. The summed E-state index contributed by atoms with van der Waals surface area (Å²) < 4.78 is 0. The minimum absolute atomic E-state index is 0.00615. The summed E-state index contributed by atoms with van der Waals surface area (Å²) in [6.45, 7) is 7.80. The molecule has 2 aliphatic rings. The highest BCUT2D eigenvalue weighted by molar-refractivity contribution is 6.00. The number of piperidine rings is 1. The Labute approximate surface area is 173 Å². The van der Waals surface area contributed by atoms with E-state index in [0.29, 0.717) is 32.5 Å². The zero-order valence-corrected chi connectivity index (χ0v) is 17.8. The van der Waals surface area contributed by atoms with Gasteiger partial charge in [0.05, 0.1) is 5.92 Å². The highest BCUT2D eigenvalue weighted by Gasteiger charge is 2.38. The van der Waals surface area contributed by atoms with Crippen molar-refractivity contribution in [3.8, 4) is 0 Å². The van der Waals surface area contributed by atoms with E-state index in [9.17, 15) is 14.4 Å². The van der Waals surface area contributed by atoms with Crippen molar-refractivity contribution < 1.29 is 14.4 Å². The van der Waals surface area contributed by atoms with Crippen molar-refractivity contribution in [2.75, 3.05) is 24.5 Å². The van der Waals surface area contributed by atoms with Gasteiger partial charge in [0, 0.05) is 43.7 Å². The van der Waals surface area contributed by atoms with Crippen LogP contribution in [0.2, 0.25) is 0 Å². The molecule has 3 rings (SSSR count). The number of nitrogens with zero attached hydrogens (tertiary/aromatic N) is 2. The largest absolute Gasteiger partial charge is 0.353 e. The summed E-state index contributed by atoms with van der Waals surface area (Å²) in [5, 5.41) is 3.13.